The van der Waals surface area contributed by atoms with E-state index in [9.17, 15) is 4.79 Å². The lowest BCUT2D eigenvalue weighted by Crippen LogP contribution is -2.29. The molecule has 3 rings (SSSR count). The first kappa shape index (κ1) is 26.5. The largest absolute Gasteiger partial charge is 0.496 e. The Morgan fingerprint density at radius 3 is 1.94 bits per heavy atom. The van der Waals surface area contributed by atoms with E-state index >= 15 is 0 Å². The predicted molar refractivity (Wildman–Crippen MR) is 140 cm³/mol. The Hall–Kier alpha value is -1.79. The summed E-state index contributed by atoms with van der Waals surface area (Å²) in [6, 6.07) is 7.99. The average molecular weight is 567 g/mol. The van der Waals surface area contributed by atoms with E-state index in [0.29, 0.717) is 6.42 Å². The van der Waals surface area contributed by atoms with Gasteiger partial charge in [0.05, 0.1) is 24.0 Å². The smallest absolute Gasteiger partial charge is 0.226 e. The molecule has 0 aromatic heterocycles. The molecule has 4 nitrogen and oxygen atoms in total. The lowest BCUT2D eigenvalue weighted by atomic mass is 9.99. The number of likely N-dealkylation sites (tertiary alicyclic amines) is 1. The maximum Gasteiger partial charge on any atom is 0.226 e. The van der Waals surface area contributed by atoms with Gasteiger partial charge in [0.2, 0.25) is 5.91 Å². The molecular formula is C26H33Br2NO3. The Balaban J connectivity index is 0.000000235. The van der Waals surface area contributed by atoms with Crippen molar-refractivity contribution in [3.05, 3.63) is 61.0 Å². The van der Waals surface area contributed by atoms with Gasteiger partial charge >= 0.3 is 0 Å². The van der Waals surface area contributed by atoms with Gasteiger partial charge in [-0.05, 0) is 124 Å². The Kier molecular flexibility index (Phi) is 10.3. The van der Waals surface area contributed by atoms with Crippen LogP contribution in [0.25, 0.3) is 6.08 Å². The average Bonchev–Trinajstić information content (AvgIpc) is 3.30. The number of benzene rings is 2. The van der Waals surface area contributed by atoms with Crippen molar-refractivity contribution >= 4 is 43.8 Å². The number of halogens is 2. The molecule has 6 heteroatoms. The van der Waals surface area contributed by atoms with E-state index in [2.05, 4.69) is 52.6 Å². The zero-order valence-electron chi connectivity index (χ0n) is 19.9. The van der Waals surface area contributed by atoms with Gasteiger partial charge in [0, 0.05) is 13.1 Å². The van der Waals surface area contributed by atoms with Crippen LogP contribution in [0.2, 0.25) is 0 Å². The summed E-state index contributed by atoms with van der Waals surface area (Å²) < 4.78 is 11.5. The number of hydrogen-bond acceptors (Lipinski definition) is 3. The molecule has 174 valence electrons. The predicted octanol–water partition coefficient (Wildman–Crippen LogP) is 6.88. The van der Waals surface area contributed by atoms with Crippen LogP contribution in [-0.4, -0.2) is 38.1 Å². The van der Waals surface area contributed by atoms with Crippen LogP contribution in [0.5, 0.6) is 11.5 Å². The number of methoxy groups -OCH3 is 2. The Morgan fingerprint density at radius 1 is 0.875 bits per heavy atom. The van der Waals surface area contributed by atoms with E-state index in [1.54, 1.807) is 14.2 Å². The van der Waals surface area contributed by atoms with Gasteiger partial charge in [0.1, 0.15) is 11.5 Å². The first-order valence-corrected chi connectivity index (χ1v) is 12.4. The molecule has 1 heterocycles. The third-order valence-corrected chi connectivity index (χ3v) is 6.59. The number of carbonyl (C=O) groups excluding carboxylic acids is 1. The summed E-state index contributed by atoms with van der Waals surface area (Å²) in [6.07, 6.45) is 4.83. The van der Waals surface area contributed by atoms with Crippen LogP contribution in [0.3, 0.4) is 0 Å². The molecule has 1 aliphatic rings. The molecule has 0 unspecified atom stereocenters. The van der Waals surface area contributed by atoms with Crippen LogP contribution in [0.4, 0.5) is 0 Å². The zero-order valence-corrected chi connectivity index (χ0v) is 23.0. The first-order valence-electron chi connectivity index (χ1n) is 10.8. The standard InChI is InChI=1S/C15H21NO2.C11H12Br2O/c1-11-12(2)14(18-3)7-6-13(11)10-15(17)16-8-4-5-9-16;1-7-8(2)10(14-3)5-4-9(7)6-11(12)13/h6-7H,4-5,8-10H2,1-3H3;4-6H,1-3H3. The van der Waals surface area contributed by atoms with Crippen molar-refractivity contribution in [2.75, 3.05) is 27.3 Å². The van der Waals surface area contributed by atoms with Gasteiger partial charge in [-0.1, -0.05) is 12.1 Å². The minimum atomic E-state index is 0.250. The van der Waals surface area contributed by atoms with Gasteiger partial charge in [-0.15, -0.1) is 0 Å². The summed E-state index contributed by atoms with van der Waals surface area (Å²) in [6.45, 7) is 10.1. The molecule has 1 aliphatic heterocycles. The molecule has 0 spiro atoms. The van der Waals surface area contributed by atoms with Crippen LogP contribution in [0.1, 0.15) is 46.2 Å². The molecule has 32 heavy (non-hydrogen) atoms. The fourth-order valence-electron chi connectivity index (χ4n) is 3.82. The van der Waals surface area contributed by atoms with E-state index in [1.807, 2.05) is 42.2 Å². The highest BCUT2D eigenvalue weighted by molar-refractivity contribution is 9.28. The number of hydrogen-bond donors (Lipinski definition) is 0. The third-order valence-electron chi connectivity index (χ3n) is 6.13. The van der Waals surface area contributed by atoms with Crippen LogP contribution in [-0.2, 0) is 11.2 Å². The molecule has 2 aromatic rings. The maximum absolute atomic E-state index is 12.1. The Morgan fingerprint density at radius 2 is 1.41 bits per heavy atom. The Bertz CT molecular complexity index is 976. The molecule has 1 amide bonds. The second-order valence-corrected chi connectivity index (χ2v) is 10.8. The minimum Gasteiger partial charge on any atom is -0.496 e. The Labute approximate surface area is 209 Å². The highest BCUT2D eigenvalue weighted by atomic mass is 79.9. The van der Waals surface area contributed by atoms with E-state index in [4.69, 9.17) is 9.47 Å². The molecular weight excluding hydrogens is 534 g/mol. The van der Waals surface area contributed by atoms with E-state index in [1.165, 1.54) is 22.3 Å². The van der Waals surface area contributed by atoms with Gasteiger partial charge in [-0.3, -0.25) is 4.79 Å². The number of carbonyl (C=O) groups is 1. The lowest BCUT2D eigenvalue weighted by molar-refractivity contribution is -0.129. The van der Waals surface area contributed by atoms with Crippen molar-refractivity contribution < 1.29 is 14.3 Å². The molecule has 0 atom stereocenters. The van der Waals surface area contributed by atoms with Gasteiger partial charge in [0.15, 0.2) is 0 Å². The van der Waals surface area contributed by atoms with Crippen LogP contribution >= 0.6 is 31.9 Å². The summed E-state index contributed by atoms with van der Waals surface area (Å²) in [5.41, 5.74) is 7.02. The topological polar surface area (TPSA) is 38.8 Å². The normalized spacial score (nSPS) is 12.7. The third kappa shape index (κ3) is 6.85. The zero-order chi connectivity index (χ0) is 23.8. The van der Waals surface area contributed by atoms with E-state index < -0.39 is 0 Å². The summed E-state index contributed by atoms with van der Waals surface area (Å²) >= 11 is 6.70. The highest BCUT2D eigenvalue weighted by Gasteiger charge is 2.19. The monoisotopic (exact) mass is 565 g/mol. The van der Waals surface area contributed by atoms with Crippen LogP contribution in [0.15, 0.2) is 27.7 Å². The maximum atomic E-state index is 12.1. The second-order valence-electron chi connectivity index (χ2n) is 7.98. The molecule has 1 saturated heterocycles. The van der Waals surface area contributed by atoms with Gasteiger partial charge in [0.25, 0.3) is 0 Å². The molecule has 0 radical (unpaired) electrons. The fourth-order valence-corrected chi connectivity index (χ4v) is 4.31. The second kappa shape index (κ2) is 12.4. The van der Waals surface area contributed by atoms with Crippen molar-refractivity contribution in [3.63, 3.8) is 0 Å². The molecule has 0 aliphatic carbocycles. The van der Waals surface area contributed by atoms with Crippen molar-refractivity contribution in [3.8, 4) is 11.5 Å². The minimum absolute atomic E-state index is 0.250. The van der Waals surface area contributed by atoms with Crippen molar-refractivity contribution in [1.82, 2.24) is 4.90 Å². The summed E-state index contributed by atoms with van der Waals surface area (Å²) in [4.78, 5) is 14.1. The summed E-state index contributed by atoms with van der Waals surface area (Å²) in [7, 11) is 3.37. The molecule has 0 saturated carbocycles. The summed E-state index contributed by atoms with van der Waals surface area (Å²) in [5.74, 6) is 2.08. The SMILES string of the molecule is COc1ccc(C=C(Br)Br)c(C)c1C.COc1ccc(CC(=O)N2CCCC2)c(C)c1C. The van der Waals surface area contributed by atoms with Crippen molar-refractivity contribution in [2.45, 2.75) is 47.0 Å². The number of nitrogens with zero attached hydrogens (tertiary/aromatic N) is 1. The van der Waals surface area contributed by atoms with Gasteiger partial charge in [-0.2, -0.15) is 0 Å². The molecule has 2 aromatic carbocycles. The van der Waals surface area contributed by atoms with E-state index in [0.717, 1.165) is 51.9 Å². The number of rotatable bonds is 5. The van der Waals surface area contributed by atoms with E-state index in [-0.39, 0.29) is 5.91 Å². The number of ether oxygens (including phenoxy) is 2. The molecule has 0 bridgehead atoms. The van der Waals surface area contributed by atoms with Crippen LogP contribution < -0.4 is 9.47 Å². The molecule has 0 N–H and O–H groups in total. The van der Waals surface area contributed by atoms with Gasteiger partial charge < -0.3 is 14.4 Å². The quantitative estimate of drug-likeness (QED) is 0.396. The molecule has 1 fully saturated rings. The number of amides is 1. The van der Waals surface area contributed by atoms with Crippen molar-refractivity contribution in [2.24, 2.45) is 0 Å². The lowest BCUT2D eigenvalue weighted by Gasteiger charge is -2.17. The fraction of sp³-hybridized carbons (Fsp3) is 0.423. The van der Waals surface area contributed by atoms with Crippen molar-refractivity contribution in [1.29, 1.82) is 0 Å². The highest BCUT2D eigenvalue weighted by Crippen LogP contribution is 2.27. The summed E-state index contributed by atoms with van der Waals surface area (Å²) in [5, 5.41) is 0. The van der Waals surface area contributed by atoms with Crippen LogP contribution in [0, 0.1) is 27.7 Å². The van der Waals surface area contributed by atoms with Gasteiger partial charge in [-0.25, -0.2) is 0 Å². The first-order chi connectivity index (χ1) is 15.2.